The average Bonchev–Trinajstić information content (AvgIpc) is 3.25. The Kier molecular flexibility index (Phi) is 6.03. The maximum absolute atomic E-state index is 13.0. The van der Waals surface area contributed by atoms with Gasteiger partial charge in [0.25, 0.3) is 5.91 Å². The molecule has 32 heavy (non-hydrogen) atoms. The molecule has 2 aromatic rings. The predicted octanol–water partition coefficient (Wildman–Crippen LogP) is 2.19. The number of carbonyl (C=O) groups excluding carboxylic acids is 2. The fraction of sp³-hybridized carbons (Fsp3) is 0.400. The minimum atomic E-state index is -3.39. The molecule has 0 unspecified atom stereocenters. The van der Waals surface area contributed by atoms with Crippen LogP contribution in [-0.2, 0) is 36.8 Å². The average molecular weight is 499 g/mol. The van der Waals surface area contributed by atoms with E-state index < -0.39 is 31.7 Å². The van der Waals surface area contributed by atoms with Gasteiger partial charge in [-0.05, 0) is 43.5 Å². The van der Waals surface area contributed by atoms with Crippen molar-refractivity contribution in [1.82, 2.24) is 0 Å². The van der Waals surface area contributed by atoms with E-state index >= 15 is 0 Å². The first kappa shape index (κ1) is 22.7. The van der Waals surface area contributed by atoms with Crippen molar-refractivity contribution in [3.8, 4) is 0 Å². The summed E-state index contributed by atoms with van der Waals surface area (Å²) in [6.07, 6.45) is 0.700. The summed E-state index contributed by atoms with van der Waals surface area (Å²) in [5.41, 5.74) is 1.40. The molecule has 0 aliphatic carbocycles. The second-order valence-electron chi connectivity index (χ2n) is 7.52. The molecule has 0 atom stereocenters. The van der Waals surface area contributed by atoms with Crippen LogP contribution in [0.2, 0.25) is 0 Å². The number of rotatable bonds is 5. The maximum Gasteiger partial charge on any atom is 0.341 e. The molecule has 0 bridgehead atoms. The quantitative estimate of drug-likeness (QED) is 0.626. The Balaban J connectivity index is 1.66. The second-order valence-corrected chi connectivity index (χ2v) is 12.8. The molecule has 1 fully saturated rings. The normalized spacial score (nSPS) is 18.7. The number of hydrogen-bond acceptors (Lipinski definition) is 8. The standard InChI is InChI=1S/C20H22N2O7S3/c1-2-29-20(24)17-15-7-10-31(25,26)12-16(15)30-19(17)21-18(23)13-5-3-6-14(11-13)22-8-4-9-32(22,27)28/h3,5-6,11H,2,4,7-10,12H2,1H3,(H,21,23). The van der Waals surface area contributed by atoms with Crippen LogP contribution in [0.25, 0.3) is 0 Å². The zero-order valence-corrected chi connectivity index (χ0v) is 19.7. The minimum absolute atomic E-state index is 0.0655. The van der Waals surface area contributed by atoms with E-state index in [1.54, 1.807) is 25.1 Å². The fourth-order valence-electron chi connectivity index (χ4n) is 3.84. The van der Waals surface area contributed by atoms with Gasteiger partial charge in [0.05, 0.1) is 35.1 Å². The van der Waals surface area contributed by atoms with Crippen LogP contribution in [0.15, 0.2) is 24.3 Å². The Bertz CT molecular complexity index is 1300. The van der Waals surface area contributed by atoms with Crippen molar-refractivity contribution in [1.29, 1.82) is 0 Å². The van der Waals surface area contributed by atoms with Crippen LogP contribution in [0.3, 0.4) is 0 Å². The van der Waals surface area contributed by atoms with Crippen molar-refractivity contribution in [2.24, 2.45) is 0 Å². The molecule has 0 spiro atoms. The maximum atomic E-state index is 13.0. The fourth-order valence-corrected chi connectivity index (χ4v) is 8.43. The Morgan fingerprint density at radius 1 is 1.19 bits per heavy atom. The summed E-state index contributed by atoms with van der Waals surface area (Å²) < 4.78 is 54.9. The molecule has 1 aromatic carbocycles. The van der Waals surface area contributed by atoms with E-state index in [0.29, 0.717) is 29.1 Å². The van der Waals surface area contributed by atoms with Crippen molar-refractivity contribution >= 4 is 53.8 Å². The summed E-state index contributed by atoms with van der Waals surface area (Å²) in [5, 5.41) is 2.94. The first-order valence-corrected chi connectivity index (χ1v) is 14.3. The number of fused-ring (bicyclic) bond motifs is 1. The highest BCUT2D eigenvalue weighted by molar-refractivity contribution is 7.93. The molecule has 3 heterocycles. The molecule has 4 rings (SSSR count). The third-order valence-electron chi connectivity index (χ3n) is 5.31. The number of anilines is 2. The van der Waals surface area contributed by atoms with Crippen LogP contribution in [0.4, 0.5) is 10.7 Å². The molecule has 2 aliphatic heterocycles. The number of sulfonamides is 1. The van der Waals surface area contributed by atoms with Crippen molar-refractivity contribution in [2.45, 2.75) is 25.5 Å². The van der Waals surface area contributed by atoms with Gasteiger partial charge >= 0.3 is 5.97 Å². The lowest BCUT2D eigenvalue weighted by molar-refractivity contribution is 0.0526. The van der Waals surface area contributed by atoms with Gasteiger partial charge in [0.15, 0.2) is 9.84 Å². The van der Waals surface area contributed by atoms with Gasteiger partial charge in [-0.1, -0.05) is 6.07 Å². The van der Waals surface area contributed by atoms with E-state index in [2.05, 4.69) is 5.32 Å². The number of esters is 1. The Morgan fingerprint density at radius 2 is 1.97 bits per heavy atom. The van der Waals surface area contributed by atoms with Crippen LogP contribution < -0.4 is 9.62 Å². The van der Waals surface area contributed by atoms with Crippen LogP contribution in [0.5, 0.6) is 0 Å². The first-order valence-electron chi connectivity index (χ1n) is 10.0. The number of amides is 1. The van der Waals surface area contributed by atoms with Gasteiger partial charge in [-0.2, -0.15) is 0 Å². The van der Waals surface area contributed by atoms with Crippen LogP contribution in [0, 0.1) is 0 Å². The molecule has 172 valence electrons. The lowest BCUT2D eigenvalue weighted by Crippen LogP contribution is -2.25. The van der Waals surface area contributed by atoms with Crippen molar-refractivity contribution in [2.75, 3.05) is 34.3 Å². The van der Waals surface area contributed by atoms with E-state index in [-0.39, 0.29) is 46.4 Å². The summed E-state index contributed by atoms with van der Waals surface area (Å²) >= 11 is 1.05. The van der Waals surface area contributed by atoms with Gasteiger partial charge in [-0.3, -0.25) is 9.10 Å². The number of benzene rings is 1. The van der Waals surface area contributed by atoms with E-state index in [1.165, 1.54) is 10.4 Å². The summed E-state index contributed by atoms with van der Waals surface area (Å²) in [5.74, 6) is -1.33. The zero-order chi connectivity index (χ0) is 23.1. The highest BCUT2D eigenvalue weighted by atomic mass is 32.2. The molecule has 12 heteroatoms. The summed E-state index contributed by atoms with van der Waals surface area (Å²) in [4.78, 5) is 26.1. The number of nitrogens with one attached hydrogen (secondary N) is 1. The molecule has 0 radical (unpaired) electrons. The molecule has 9 nitrogen and oxygen atoms in total. The van der Waals surface area contributed by atoms with E-state index in [1.807, 2.05) is 0 Å². The lowest BCUT2D eigenvalue weighted by Gasteiger charge is -2.17. The van der Waals surface area contributed by atoms with E-state index in [9.17, 15) is 26.4 Å². The predicted molar refractivity (Wildman–Crippen MR) is 122 cm³/mol. The molecule has 0 saturated carbocycles. The molecule has 2 aliphatic rings. The largest absolute Gasteiger partial charge is 0.462 e. The molecule has 1 amide bonds. The van der Waals surface area contributed by atoms with Crippen LogP contribution in [-0.4, -0.2) is 53.4 Å². The van der Waals surface area contributed by atoms with Gasteiger partial charge in [0.1, 0.15) is 5.00 Å². The number of sulfone groups is 1. The van der Waals surface area contributed by atoms with Gasteiger partial charge in [0, 0.05) is 17.0 Å². The number of carbonyl (C=O) groups is 2. The van der Waals surface area contributed by atoms with E-state index in [0.717, 1.165) is 11.3 Å². The van der Waals surface area contributed by atoms with Crippen molar-refractivity contribution in [3.05, 3.63) is 45.8 Å². The van der Waals surface area contributed by atoms with Crippen molar-refractivity contribution < 1.29 is 31.2 Å². The van der Waals surface area contributed by atoms with Crippen molar-refractivity contribution in [3.63, 3.8) is 0 Å². The number of nitrogens with zero attached hydrogens (tertiary/aromatic N) is 1. The molecule has 1 aromatic heterocycles. The summed E-state index contributed by atoms with van der Waals surface area (Å²) in [7, 11) is -6.65. The SMILES string of the molecule is CCOC(=O)c1c(NC(=O)c2cccc(N3CCCS3(=O)=O)c2)sc2c1CCS(=O)(=O)C2. The topological polar surface area (TPSA) is 127 Å². The molecule has 1 N–H and O–H groups in total. The zero-order valence-electron chi connectivity index (χ0n) is 17.3. The molecular formula is C20H22N2O7S3. The molecule has 1 saturated heterocycles. The van der Waals surface area contributed by atoms with Gasteiger partial charge in [-0.25, -0.2) is 21.6 Å². The summed E-state index contributed by atoms with van der Waals surface area (Å²) in [6, 6.07) is 6.25. The van der Waals surface area contributed by atoms with Gasteiger partial charge in [-0.15, -0.1) is 11.3 Å². The third kappa shape index (κ3) is 4.39. The monoisotopic (exact) mass is 498 g/mol. The Hall–Kier alpha value is -2.44. The Labute approximate surface area is 190 Å². The van der Waals surface area contributed by atoms with Crippen LogP contribution in [0.1, 0.15) is 44.5 Å². The van der Waals surface area contributed by atoms with Gasteiger partial charge < -0.3 is 10.1 Å². The van der Waals surface area contributed by atoms with Crippen LogP contribution >= 0.6 is 11.3 Å². The van der Waals surface area contributed by atoms with Gasteiger partial charge in [0.2, 0.25) is 10.0 Å². The highest BCUT2D eigenvalue weighted by Crippen LogP contribution is 2.38. The third-order valence-corrected chi connectivity index (χ3v) is 10.1. The number of thiophene rings is 1. The number of hydrogen-bond donors (Lipinski definition) is 1. The number of ether oxygens (including phenoxy) is 1. The Morgan fingerprint density at radius 3 is 2.66 bits per heavy atom. The van der Waals surface area contributed by atoms with E-state index in [4.69, 9.17) is 4.74 Å². The summed E-state index contributed by atoms with van der Waals surface area (Å²) in [6.45, 7) is 2.16. The first-order chi connectivity index (χ1) is 15.1. The minimum Gasteiger partial charge on any atom is -0.462 e. The lowest BCUT2D eigenvalue weighted by atomic mass is 10.1. The smallest absolute Gasteiger partial charge is 0.341 e. The second kappa shape index (κ2) is 8.49. The highest BCUT2D eigenvalue weighted by Gasteiger charge is 2.32. The molecular weight excluding hydrogens is 476 g/mol.